The van der Waals surface area contributed by atoms with Gasteiger partial charge in [-0.2, -0.15) is 0 Å². The average molecular weight is 276 g/mol. The number of hydrogen-bond donors (Lipinski definition) is 2. The first-order valence-corrected chi connectivity index (χ1v) is 5.72. The lowest BCUT2D eigenvalue weighted by atomic mass is 10.2. The fraction of sp³-hybridized carbons (Fsp3) is 0.455. The predicted molar refractivity (Wildman–Crippen MR) is 62.1 cm³/mol. The summed E-state index contributed by atoms with van der Waals surface area (Å²) in [4.78, 5) is 0. The Bertz CT molecular complexity index is 317. The summed E-state index contributed by atoms with van der Waals surface area (Å²) in [6, 6.07) is 4.97. The number of hydrogen-bond acceptors (Lipinski definition) is 2. The maximum Gasteiger partial charge on any atom is 0.137 e. The molecule has 1 unspecified atom stereocenters. The summed E-state index contributed by atoms with van der Waals surface area (Å²) < 4.78 is 13.6. The van der Waals surface area contributed by atoms with Gasteiger partial charge in [0.05, 0.1) is 10.6 Å². The first-order valence-electron chi connectivity index (χ1n) is 4.93. The number of benzene rings is 1. The van der Waals surface area contributed by atoms with Gasteiger partial charge in [-0.25, -0.2) is 4.39 Å². The van der Waals surface area contributed by atoms with Crippen LogP contribution in [0.25, 0.3) is 0 Å². The van der Waals surface area contributed by atoms with E-state index in [1.54, 1.807) is 13.0 Å². The van der Waals surface area contributed by atoms with Crippen molar-refractivity contribution in [1.82, 2.24) is 5.32 Å². The van der Waals surface area contributed by atoms with Crippen molar-refractivity contribution in [3.63, 3.8) is 0 Å². The van der Waals surface area contributed by atoms with E-state index in [0.717, 1.165) is 12.1 Å². The van der Waals surface area contributed by atoms with Gasteiger partial charge < -0.3 is 10.4 Å². The van der Waals surface area contributed by atoms with Crippen molar-refractivity contribution in [2.75, 3.05) is 6.54 Å². The highest BCUT2D eigenvalue weighted by atomic mass is 79.9. The highest BCUT2D eigenvalue weighted by molar-refractivity contribution is 9.10. The average Bonchev–Trinajstić information content (AvgIpc) is 2.18. The molecule has 4 heteroatoms. The normalized spacial score (nSPS) is 12.8. The number of halogens is 2. The zero-order valence-corrected chi connectivity index (χ0v) is 10.2. The Balaban J connectivity index is 2.41. The Labute approximate surface area is 97.6 Å². The van der Waals surface area contributed by atoms with Gasteiger partial charge >= 0.3 is 0 Å². The highest BCUT2D eigenvalue weighted by Crippen LogP contribution is 2.19. The van der Waals surface area contributed by atoms with Crippen LogP contribution < -0.4 is 5.32 Å². The molecule has 0 saturated carbocycles. The first kappa shape index (κ1) is 12.6. The van der Waals surface area contributed by atoms with Crippen LogP contribution >= 0.6 is 15.9 Å². The second-order valence-corrected chi connectivity index (χ2v) is 4.32. The number of nitrogens with one attached hydrogen (secondary N) is 1. The minimum Gasteiger partial charge on any atom is -0.393 e. The van der Waals surface area contributed by atoms with Crippen LogP contribution in [0.1, 0.15) is 18.9 Å². The molecule has 0 spiro atoms. The molecule has 0 radical (unpaired) electrons. The molecule has 0 fully saturated rings. The maximum absolute atomic E-state index is 13.1. The summed E-state index contributed by atoms with van der Waals surface area (Å²) >= 11 is 3.20. The number of aliphatic hydroxyl groups is 1. The Morgan fingerprint density at radius 2 is 2.27 bits per heavy atom. The van der Waals surface area contributed by atoms with Crippen LogP contribution in [-0.2, 0) is 6.54 Å². The van der Waals surface area contributed by atoms with Crippen molar-refractivity contribution in [2.45, 2.75) is 26.0 Å². The molecule has 0 heterocycles. The van der Waals surface area contributed by atoms with Crippen LogP contribution in [0.3, 0.4) is 0 Å². The van der Waals surface area contributed by atoms with E-state index in [1.165, 1.54) is 6.07 Å². The zero-order chi connectivity index (χ0) is 11.3. The second-order valence-electron chi connectivity index (χ2n) is 3.53. The zero-order valence-electron chi connectivity index (χ0n) is 8.63. The van der Waals surface area contributed by atoms with Crippen LogP contribution in [0.15, 0.2) is 22.7 Å². The largest absolute Gasteiger partial charge is 0.393 e. The Morgan fingerprint density at radius 1 is 1.53 bits per heavy atom. The molecule has 15 heavy (non-hydrogen) atoms. The predicted octanol–water partition coefficient (Wildman–Crippen LogP) is 2.45. The molecule has 1 aromatic carbocycles. The van der Waals surface area contributed by atoms with E-state index in [9.17, 15) is 4.39 Å². The number of rotatable bonds is 5. The standard InChI is InChI=1S/C11H15BrFNO/c1-8(15)5-6-14-7-9-3-2-4-10(13)11(9)12/h2-4,8,14-15H,5-7H2,1H3. The van der Waals surface area contributed by atoms with Crippen molar-refractivity contribution in [3.05, 3.63) is 34.1 Å². The molecule has 1 aromatic rings. The molecule has 1 atom stereocenters. The summed E-state index contributed by atoms with van der Waals surface area (Å²) in [5.41, 5.74) is 0.889. The van der Waals surface area contributed by atoms with E-state index in [4.69, 9.17) is 5.11 Å². The Morgan fingerprint density at radius 3 is 2.93 bits per heavy atom. The van der Waals surface area contributed by atoms with E-state index in [-0.39, 0.29) is 11.9 Å². The molecule has 0 saturated heterocycles. The molecule has 2 nitrogen and oxygen atoms in total. The van der Waals surface area contributed by atoms with E-state index in [1.807, 2.05) is 6.07 Å². The van der Waals surface area contributed by atoms with E-state index in [0.29, 0.717) is 17.4 Å². The van der Waals surface area contributed by atoms with Crippen LogP contribution in [0.4, 0.5) is 4.39 Å². The van der Waals surface area contributed by atoms with Crippen molar-refractivity contribution < 1.29 is 9.50 Å². The van der Waals surface area contributed by atoms with Crippen LogP contribution in [0.5, 0.6) is 0 Å². The van der Waals surface area contributed by atoms with Gasteiger partial charge in [0.2, 0.25) is 0 Å². The Kier molecular flexibility index (Phi) is 5.22. The molecule has 0 bridgehead atoms. The minimum absolute atomic E-state index is 0.246. The molecule has 0 aliphatic heterocycles. The molecule has 0 amide bonds. The smallest absolute Gasteiger partial charge is 0.137 e. The third-order valence-electron chi connectivity index (χ3n) is 2.09. The summed E-state index contributed by atoms with van der Waals surface area (Å²) in [5, 5.41) is 12.2. The number of aliphatic hydroxyl groups excluding tert-OH is 1. The van der Waals surface area contributed by atoms with Crippen LogP contribution in [-0.4, -0.2) is 17.8 Å². The van der Waals surface area contributed by atoms with Crippen molar-refractivity contribution in [3.8, 4) is 0 Å². The van der Waals surface area contributed by atoms with Gasteiger partial charge in [0.15, 0.2) is 0 Å². The molecular formula is C11H15BrFNO. The van der Waals surface area contributed by atoms with Gasteiger partial charge in [-0.05, 0) is 47.4 Å². The second kappa shape index (κ2) is 6.20. The third kappa shape index (κ3) is 4.28. The maximum atomic E-state index is 13.1. The molecule has 1 rings (SSSR count). The topological polar surface area (TPSA) is 32.3 Å². The third-order valence-corrected chi connectivity index (χ3v) is 2.97. The van der Waals surface area contributed by atoms with Gasteiger partial charge in [0.25, 0.3) is 0 Å². The molecule has 84 valence electrons. The van der Waals surface area contributed by atoms with Gasteiger partial charge in [0, 0.05) is 6.54 Å². The summed E-state index contributed by atoms with van der Waals surface area (Å²) in [6.07, 6.45) is 0.404. The quantitative estimate of drug-likeness (QED) is 0.810. The molecule has 0 aromatic heterocycles. The monoisotopic (exact) mass is 275 g/mol. The Hall–Kier alpha value is -0.450. The summed E-state index contributed by atoms with van der Waals surface area (Å²) in [6.45, 7) is 3.07. The lowest BCUT2D eigenvalue weighted by Gasteiger charge is -2.08. The van der Waals surface area contributed by atoms with E-state index < -0.39 is 0 Å². The molecular weight excluding hydrogens is 261 g/mol. The lowest BCUT2D eigenvalue weighted by molar-refractivity contribution is 0.183. The molecule has 0 aliphatic rings. The van der Waals surface area contributed by atoms with Gasteiger partial charge in [-0.3, -0.25) is 0 Å². The van der Waals surface area contributed by atoms with Gasteiger partial charge in [-0.15, -0.1) is 0 Å². The van der Waals surface area contributed by atoms with E-state index >= 15 is 0 Å². The fourth-order valence-corrected chi connectivity index (χ4v) is 1.62. The van der Waals surface area contributed by atoms with Gasteiger partial charge in [-0.1, -0.05) is 12.1 Å². The lowest BCUT2D eigenvalue weighted by Crippen LogP contribution is -2.18. The van der Waals surface area contributed by atoms with Gasteiger partial charge in [0.1, 0.15) is 5.82 Å². The first-order chi connectivity index (χ1) is 7.11. The molecule has 0 aliphatic carbocycles. The fourth-order valence-electron chi connectivity index (χ4n) is 1.22. The summed E-state index contributed by atoms with van der Waals surface area (Å²) in [7, 11) is 0. The van der Waals surface area contributed by atoms with Crippen LogP contribution in [0, 0.1) is 5.82 Å². The van der Waals surface area contributed by atoms with E-state index in [2.05, 4.69) is 21.2 Å². The highest BCUT2D eigenvalue weighted by Gasteiger charge is 2.04. The minimum atomic E-state index is -0.298. The SMILES string of the molecule is CC(O)CCNCc1cccc(F)c1Br. The van der Waals surface area contributed by atoms with Crippen molar-refractivity contribution in [2.24, 2.45) is 0 Å². The summed E-state index contributed by atoms with van der Waals surface area (Å²) in [5.74, 6) is -0.246. The van der Waals surface area contributed by atoms with Crippen molar-refractivity contribution in [1.29, 1.82) is 0 Å². The van der Waals surface area contributed by atoms with Crippen molar-refractivity contribution >= 4 is 15.9 Å². The van der Waals surface area contributed by atoms with Crippen LogP contribution in [0.2, 0.25) is 0 Å². The molecule has 2 N–H and O–H groups in total.